The van der Waals surface area contributed by atoms with Gasteiger partial charge in [0.2, 0.25) is 11.8 Å². The first kappa shape index (κ1) is 24.3. The molecular weight excluding hydrogens is 428 g/mol. The molecule has 0 aliphatic carbocycles. The minimum atomic E-state index is -0.758. The van der Waals surface area contributed by atoms with E-state index in [0.717, 1.165) is 21.7 Å². The van der Waals surface area contributed by atoms with Gasteiger partial charge in [-0.1, -0.05) is 45.0 Å². The number of hydrogen-bond donors (Lipinski definition) is 4. The predicted octanol–water partition coefficient (Wildman–Crippen LogP) is 1.65. The van der Waals surface area contributed by atoms with Crippen LogP contribution in [0.1, 0.15) is 38.4 Å². The van der Waals surface area contributed by atoms with Crippen molar-refractivity contribution in [3.05, 3.63) is 41.0 Å². The Hall–Kier alpha value is -2.33. The third-order valence-electron chi connectivity index (χ3n) is 5.70. The summed E-state index contributed by atoms with van der Waals surface area (Å²) in [5.74, 6) is -0.596. The van der Waals surface area contributed by atoms with Gasteiger partial charge in [0.05, 0.1) is 35.0 Å². The van der Waals surface area contributed by atoms with Gasteiger partial charge in [0.1, 0.15) is 6.04 Å². The standard InChI is InChI=1S/C23H32N4O4S/c1-14-19(32-13-26-14)16-7-5-15(6-8-16)10-24-21(30)18-9-17(29)11-27(18)22(31)20(25-12-28)23(2,3)4/h5-8,13,17-18,20,25,28-29H,9-12H2,1-4H3,(H,24,30)/t17-,18+,20-/m1/s1. The Morgan fingerprint density at radius 1 is 1.28 bits per heavy atom. The minimum absolute atomic E-state index is 0.0967. The molecule has 9 heteroatoms. The van der Waals surface area contributed by atoms with Crippen LogP contribution in [-0.2, 0) is 16.1 Å². The summed E-state index contributed by atoms with van der Waals surface area (Å²) in [6, 6.07) is 6.51. The van der Waals surface area contributed by atoms with Crippen LogP contribution in [0.25, 0.3) is 10.4 Å². The van der Waals surface area contributed by atoms with E-state index in [2.05, 4.69) is 15.6 Å². The highest BCUT2D eigenvalue weighted by Gasteiger charge is 2.43. The first-order chi connectivity index (χ1) is 15.1. The van der Waals surface area contributed by atoms with Gasteiger partial charge in [0, 0.05) is 19.5 Å². The summed E-state index contributed by atoms with van der Waals surface area (Å²) < 4.78 is 0. The summed E-state index contributed by atoms with van der Waals surface area (Å²) in [5, 5.41) is 25.2. The van der Waals surface area contributed by atoms with E-state index >= 15 is 0 Å². The van der Waals surface area contributed by atoms with E-state index in [4.69, 9.17) is 0 Å². The fourth-order valence-corrected chi connectivity index (χ4v) is 4.80. The van der Waals surface area contributed by atoms with E-state index in [1.54, 1.807) is 11.3 Å². The molecule has 32 heavy (non-hydrogen) atoms. The number of β-amino-alcohol motifs (C(OH)–C–C–N with tert-alkyl or cyclic N) is 1. The molecule has 0 radical (unpaired) electrons. The molecular formula is C23H32N4O4S. The Morgan fingerprint density at radius 3 is 2.53 bits per heavy atom. The second-order valence-electron chi connectivity index (χ2n) is 9.24. The lowest BCUT2D eigenvalue weighted by Gasteiger charge is -2.35. The van der Waals surface area contributed by atoms with E-state index in [0.29, 0.717) is 6.54 Å². The van der Waals surface area contributed by atoms with Crippen molar-refractivity contribution in [1.29, 1.82) is 0 Å². The molecule has 0 spiro atoms. The second kappa shape index (κ2) is 10.1. The van der Waals surface area contributed by atoms with E-state index in [1.807, 2.05) is 57.5 Å². The fraction of sp³-hybridized carbons (Fsp3) is 0.522. The first-order valence-corrected chi connectivity index (χ1v) is 11.6. The third kappa shape index (κ3) is 5.53. The zero-order valence-electron chi connectivity index (χ0n) is 19.0. The molecule has 2 heterocycles. The topological polar surface area (TPSA) is 115 Å². The summed E-state index contributed by atoms with van der Waals surface area (Å²) in [7, 11) is 0. The van der Waals surface area contributed by atoms with Crippen molar-refractivity contribution in [3.63, 3.8) is 0 Å². The smallest absolute Gasteiger partial charge is 0.243 e. The number of likely N-dealkylation sites (tertiary alicyclic amines) is 1. The number of hydrogen-bond acceptors (Lipinski definition) is 7. The number of benzene rings is 1. The molecule has 2 aromatic rings. The molecule has 0 saturated carbocycles. The number of carbonyl (C=O) groups excluding carboxylic acids is 2. The molecule has 0 bridgehead atoms. The van der Waals surface area contributed by atoms with Gasteiger partial charge in [0.15, 0.2) is 0 Å². The van der Waals surface area contributed by atoms with Crippen LogP contribution >= 0.6 is 11.3 Å². The van der Waals surface area contributed by atoms with E-state index in [-0.39, 0.29) is 31.5 Å². The molecule has 2 amide bonds. The molecule has 4 N–H and O–H groups in total. The predicted molar refractivity (Wildman–Crippen MR) is 124 cm³/mol. The Kier molecular flexibility index (Phi) is 7.66. The largest absolute Gasteiger partial charge is 0.391 e. The summed E-state index contributed by atoms with van der Waals surface area (Å²) >= 11 is 1.59. The number of aryl methyl sites for hydroxylation is 1. The number of carbonyl (C=O) groups is 2. The van der Waals surface area contributed by atoms with Crippen molar-refractivity contribution >= 4 is 23.2 Å². The number of thiazole rings is 1. The van der Waals surface area contributed by atoms with Crippen LogP contribution in [0.3, 0.4) is 0 Å². The highest BCUT2D eigenvalue weighted by atomic mass is 32.1. The van der Waals surface area contributed by atoms with Crippen molar-refractivity contribution in [2.45, 2.75) is 58.8 Å². The fourth-order valence-electron chi connectivity index (χ4n) is 3.99. The lowest BCUT2D eigenvalue weighted by Crippen LogP contribution is -2.56. The molecule has 1 aromatic carbocycles. The van der Waals surface area contributed by atoms with E-state index in [9.17, 15) is 19.8 Å². The number of nitrogens with one attached hydrogen (secondary N) is 2. The molecule has 1 aliphatic heterocycles. The van der Waals surface area contributed by atoms with Crippen LogP contribution in [0.4, 0.5) is 0 Å². The Morgan fingerprint density at radius 2 is 1.97 bits per heavy atom. The van der Waals surface area contributed by atoms with Gasteiger partial charge in [-0.05, 0) is 23.5 Å². The molecule has 8 nitrogen and oxygen atoms in total. The van der Waals surface area contributed by atoms with Gasteiger partial charge in [-0.3, -0.25) is 14.9 Å². The van der Waals surface area contributed by atoms with Crippen LogP contribution in [0.2, 0.25) is 0 Å². The van der Waals surface area contributed by atoms with Crippen LogP contribution in [0.5, 0.6) is 0 Å². The quantitative estimate of drug-likeness (QED) is 0.467. The molecule has 1 aromatic heterocycles. The number of amides is 2. The summed E-state index contributed by atoms with van der Waals surface area (Å²) in [4.78, 5) is 32.9. The molecule has 1 saturated heterocycles. The molecule has 1 fully saturated rings. The number of nitrogens with zero attached hydrogens (tertiary/aromatic N) is 2. The highest BCUT2D eigenvalue weighted by molar-refractivity contribution is 7.13. The van der Waals surface area contributed by atoms with Crippen LogP contribution in [-0.4, -0.2) is 63.4 Å². The van der Waals surface area contributed by atoms with Crippen molar-refractivity contribution in [1.82, 2.24) is 20.5 Å². The van der Waals surface area contributed by atoms with Crippen LogP contribution in [0.15, 0.2) is 29.8 Å². The van der Waals surface area contributed by atoms with Crippen molar-refractivity contribution < 1.29 is 19.8 Å². The summed E-state index contributed by atoms with van der Waals surface area (Å²) in [6.07, 6.45) is -0.566. The molecule has 174 valence electrons. The van der Waals surface area contributed by atoms with Gasteiger partial charge in [-0.2, -0.15) is 0 Å². The lowest BCUT2D eigenvalue weighted by atomic mass is 9.85. The Balaban J connectivity index is 1.65. The SMILES string of the molecule is Cc1ncsc1-c1ccc(CNC(=O)[C@@H]2C[C@@H](O)CN2C(=O)[C@@H](NCO)C(C)(C)C)cc1. The van der Waals surface area contributed by atoms with E-state index in [1.165, 1.54) is 4.90 Å². The second-order valence-corrected chi connectivity index (χ2v) is 10.1. The minimum Gasteiger partial charge on any atom is -0.391 e. The zero-order valence-corrected chi connectivity index (χ0v) is 19.8. The number of aliphatic hydroxyl groups is 2. The molecule has 3 rings (SSSR count). The van der Waals surface area contributed by atoms with Crippen molar-refractivity contribution in [2.75, 3.05) is 13.3 Å². The lowest BCUT2D eigenvalue weighted by molar-refractivity contribution is -0.142. The maximum Gasteiger partial charge on any atom is 0.243 e. The maximum absolute atomic E-state index is 13.2. The Bertz CT molecular complexity index is 938. The van der Waals surface area contributed by atoms with Crippen LogP contribution in [0, 0.1) is 12.3 Å². The van der Waals surface area contributed by atoms with Crippen molar-refractivity contribution in [3.8, 4) is 10.4 Å². The zero-order chi connectivity index (χ0) is 23.5. The van der Waals surface area contributed by atoms with Crippen molar-refractivity contribution in [2.24, 2.45) is 5.41 Å². The normalized spacial score (nSPS) is 19.8. The average molecular weight is 461 g/mol. The number of aliphatic hydroxyl groups excluding tert-OH is 2. The molecule has 3 atom stereocenters. The van der Waals surface area contributed by atoms with Gasteiger partial charge < -0.3 is 20.4 Å². The summed E-state index contributed by atoms with van der Waals surface area (Å²) in [5.41, 5.74) is 4.37. The maximum atomic E-state index is 13.2. The van der Waals surface area contributed by atoms with Crippen LogP contribution < -0.4 is 10.6 Å². The van der Waals surface area contributed by atoms with Gasteiger partial charge in [-0.15, -0.1) is 11.3 Å². The molecule has 1 aliphatic rings. The highest BCUT2D eigenvalue weighted by Crippen LogP contribution is 2.28. The number of aromatic nitrogens is 1. The first-order valence-electron chi connectivity index (χ1n) is 10.7. The monoisotopic (exact) mass is 460 g/mol. The van der Waals surface area contributed by atoms with Gasteiger partial charge >= 0.3 is 0 Å². The molecule has 0 unspecified atom stereocenters. The third-order valence-corrected chi connectivity index (χ3v) is 6.68. The number of rotatable bonds is 7. The van der Waals surface area contributed by atoms with E-state index < -0.39 is 23.6 Å². The Labute approximate surface area is 192 Å². The van der Waals surface area contributed by atoms with Gasteiger partial charge in [0.25, 0.3) is 0 Å². The average Bonchev–Trinajstić information content (AvgIpc) is 3.35. The summed E-state index contributed by atoms with van der Waals surface area (Å²) in [6.45, 7) is 7.71. The van der Waals surface area contributed by atoms with Gasteiger partial charge in [-0.25, -0.2) is 4.98 Å².